The van der Waals surface area contributed by atoms with E-state index in [9.17, 15) is 14.7 Å². The van der Waals surface area contributed by atoms with Gasteiger partial charge in [-0.25, -0.2) is 0 Å². The molecule has 4 rings (SSSR count). The lowest BCUT2D eigenvalue weighted by molar-refractivity contribution is -0.117. The number of ether oxygens (including phenoxy) is 1. The molecule has 0 bridgehead atoms. The van der Waals surface area contributed by atoms with Crippen molar-refractivity contribution in [3.63, 3.8) is 0 Å². The van der Waals surface area contributed by atoms with Crippen LogP contribution in [0.4, 0.5) is 5.69 Å². The topological polar surface area (TPSA) is 80.0 Å². The number of ketones is 1. The lowest BCUT2D eigenvalue weighted by Gasteiger charge is -2.27. The number of aliphatic hydroxyl groups excluding tert-OH is 1. The summed E-state index contributed by atoms with van der Waals surface area (Å²) in [5.74, 6) is -1.14. The Morgan fingerprint density at radius 1 is 1.13 bits per heavy atom. The van der Waals surface area contributed by atoms with E-state index in [2.05, 4.69) is 0 Å². The van der Waals surface area contributed by atoms with Gasteiger partial charge in [-0.1, -0.05) is 23.7 Å². The van der Waals surface area contributed by atoms with Crippen LogP contribution >= 0.6 is 11.6 Å². The second-order valence-electron chi connectivity index (χ2n) is 6.62. The molecule has 1 aliphatic heterocycles. The van der Waals surface area contributed by atoms with E-state index in [0.29, 0.717) is 28.6 Å². The fraction of sp³-hybridized carbons (Fsp3) is 0.130. The molecule has 1 N–H and O–H groups in total. The lowest BCUT2D eigenvalue weighted by atomic mass is 9.95. The summed E-state index contributed by atoms with van der Waals surface area (Å²) in [6.45, 7) is 2.39. The smallest absolute Gasteiger partial charge is 0.294 e. The van der Waals surface area contributed by atoms with Crippen molar-refractivity contribution in [2.75, 3.05) is 11.5 Å². The first-order valence-electron chi connectivity index (χ1n) is 9.34. The molecule has 152 valence electrons. The van der Waals surface area contributed by atoms with Gasteiger partial charge in [0.25, 0.3) is 5.91 Å². The largest absolute Gasteiger partial charge is 0.503 e. The molecule has 7 heteroatoms. The summed E-state index contributed by atoms with van der Waals surface area (Å²) in [6, 6.07) is 15.9. The molecular weight excluding hydrogens is 406 g/mol. The zero-order chi connectivity index (χ0) is 21.3. The van der Waals surface area contributed by atoms with Crippen molar-refractivity contribution in [3.05, 3.63) is 94.6 Å². The number of carbonyl (C=O) groups excluding carboxylic acids is 2. The highest BCUT2D eigenvalue weighted by Crippen LogP contribution is 2.42. The molecule has 1 unspecified atom stereocenters. The zero-order valence-electron chi connectivity index (χ0n) is 16.0. The second kappa shape index (κ2) is 8.08. The fourth-order valence-electron chi connectivity index (χ4n) is 3.47. The van der Waals surface area contributed by atoms with Gasteiger partial charge in [-0.05, 0) is 61.0 Å². The van der Waals surface area contributed by atoms with Gasteiger partial charge in [0.2, 0.25) is 5.78 Å². The van der Waals surface area contributed by atoms with Crippen LogP contribution in [0.5, 0.6) is 5.75 Å². The van der Waals surface area contributed by atoms with Gasteiger partial charge in [0.1, 0.15) is 5.75 Å². The predicted molar refractivity (Wildman–Crippen MR) is 112 cm³/mol. The number of hydrogen-bond donors (Lipinski definition) is 1. The van der Waals surface area contributed by atoms with Crippen molar-refractivity contribution in [2.24, 2.45) is 0 Å². The maximum Gasteiger partial charge on any atom is 0.294 e. The Morgan fingerprint density at radius 2 is 1.83 bits per heavy atom. The molecular formula is C23H18ClNO5. The number of benzene rings is 2. The Labute approximate surface area is 177 Å². The quantitative estimate of drug-likeness (QED) is 0.557. The van der Waals surface area contributed by atoms with Crippen LogP contribution in [0.2, 0.25) is 5.02 Å². The SMILES string of the molecule is CCOc1ccc(N2C(=O)C(O)=C(C(=O)c3ccco3)C2c2ccc(Cl)cc2)cc1. The van der Waals surface area contributed by atoms with E-state index in [4.69, 9.17) is 20.8 Å². The van der Waals surface area contributed by atoms with E-state index in [1.807, 2.05) is 6.92 Å². The van der Waals surface area contributed by atoms with Crippen molar-refractivity contribution in [1.82, 2.24) is 0 Å². The molecule has 1 aliphatic rings. The first-order valence-corrected chi connectivity index (χ1v) is 9.72. The molecule has 6 nitrogen and oxygen atoms in total. The highest BCUT2D eigenvalue weighted by molar-refractivity contribution is 6.30. The number of rotatable bonds is 6. The Hall–Kier alpha value is -3.51. The Kier molecular flexibility index (Phi) is 5.33. The Bertz CT molecular complexity index is 1100. The van der Waals surface area contributed by atoms with Crippen LogP contribution in [0.25, 0.3) is 0 Å². The van der Waals surface area contributed by atoms with E-state index in [-0.39, 0.29) is 11.3 Å². The summed E-state index contributed by atoms with van der Waals surface area (Å²) in [5, 5.41) is 11.2. The van der Waals surface area contributed by atoms with Crippen LogP contribution in [0.15, 0.2) is 82.7 Å². The number of anilines is 1. The van der Waals surface area contributed by atoms with Crippen molar-refractivity contribution >= 4 is 29.0 Å². The van der Waals surface area contributed by atoms with E-state index in [1.165, 1.54) is 17.2 Å². The van der Waals surface area contributed by atoms with Gasteiger partial charge < -0.3 is 14.3 Å². The Balaban J connectivity index is 1.82. The number of Topliss-reactive ketones (excluding diaryl/α,β-unsaturated/α-hetero) is 1. The first kappa shape index (κ1) is 19.8. The van der Waals surface area contributed by atoms with Gasteiger partial charge >= 0.3 is 0 Å². The number of carbonyl (C=O) groups is 2. The molecule has 1 amide bonds. The van der Waals surface area contributed by atoms with Crippen LogP contribution in [-0.4, -0.2) is 23.4 Å². The molecule has 2 heterocycles. The standard InChI is InChI=1S/C23H18ClNO5/c1-2-29-17-11-9-16(10-12-17)25-20(14-5-7-15(24)8-6-14)19(22(27)23(25)28)21(26)18-4-3-13-30-18/h3-13,20,27H,2H2,1H3. The minimum atomic E-state index is -0.842. The number of hydrogen-bond acceptors (Lipinski definition) is 5. The lowest BCUT2D eigenvalue weighted by Crippen LogP contribution is -2.31. The molecule has 0 radical (unpaired) electrons. The number of halogens is 1. The molecule has 0 aliphatic carbocycles. The van der Waals surface area contributed by atoms with E-state index < -0.39 is 23.5 Å². The highest BCUT2D eigenvalue weighted by Gasteiger charge is 2.45. The molecule has 0 spiro atoms. The third-order valence-corrected chi connectivity index (χ3v) is 5.06. The van der Waals surface area contributed by atoms with Crippen molar-refractivity contribution < 1.29 is 23.8 Å². The highest BCUT2D eigenvalue weighted by atomic mass is 35.5. The van der Waals surface area contributed by atoms with E-state index >= 15 is 0 Å². The van der Waals surface area contributed by atoms with Crippen LogP contribution in [0, 0.1) is 0 Å². The molecule has 1 atom stereocenters. The molecule has 0 saturated carbocycles. The second-order valence-corrected chi connectivity index (χ2v) is 7.06. The summed E-state index contributed by atoms with van der Waals surface area (Å²) in [4.78, 5) is 27.5. The average Bonchev–Trinajstić information content (AvgIpc) is 3.37. The van der Waals surface area contributed by atoms with E-state index in [1.54, 1.807) is 54.6 Å². The normalized spacial score (nSPS) is 16.3. The van der Waals surface area contributed by atoms with Crippen LogP contribution in [0.1, 0.15) is 29.1 Å². The maximum absolute atomic E-state index is 13.1. The third-order valence-electron chi connectivity index (χ3n) is 4.81. The molecule has 0 fully saturated rings. The minimum absolute atomic E-state index is 0.0388. The molecule has 30 heavy (non-hydrogen) atoms. The summed E-state index contributed by atoms with van der Waals surface area (Å²) >= 11 is 6.02. The Morgan fingerprint density at radius 3 is 2.43 bits per heavy atom. The van der Waals surface area contributed by atoms with Crippen molar-refractivity contribution in [1.29, 1.82) is 0 Å². The van der Waals surface area contributed by atoms with Crippen LogP contribution in [-0.2, 0) is 4.79 Å². The summed E-state index contributed by atoms with van der Waals surface area (Å²) in [5.41, 5.74) is 1.09. The summed E-state index contributed by atoms with van der Waals surface area (Å²) in [6.07, 6.45) is 1.36. The summed E-state index contributed by atoms with van der Waals surface area (Å²) < 4.78 is 10.7. The molecule has 1 aromatic heterocycles. The third kappa shape index (κ3) is 3.46. The van der Waals surface area contributed by atoms with Gasteiger partial charge in [-0.3, -0.25) is 14.5 Å². The molecule has 3 aromatic rings. The zero-order valence-corrected chi connectivity index (χ0v) is 16.8. The maximum atomic E-state index is 13.1. The van der Waals surface area contributed by atoms with Gasteiger partial charge in [0.15, 0.2) is 11.5 Å². The fourth-order valence-corrected chi connectivity index (χ4v) is 3.60. The molecule has 0 saturated heterocycles. The minimum Gasteiger partial charge on any atom is -0.503 e. The monoisotopic (exact) mass is 423 g/mol. The number of furan rings is 1. The van der Waals surface area contributed by atoms with Crippen molar-refractivity contribution in [2.45, 2.75) is 13.0 Å². The van der Waals surface area contributed by atoms with Gasteiger partial charge in [-0.15, -0.1) is 0 Å². The molecule has 2 aromatic carbocycles. The predicted octanol–water partition coefficient (Wildman–Crippen LogP) is 5.11. The van der Waals surface area contributed by atoms with Gasteiger partial charge in [0.05, 0.1) is 24.5 Å². The number of nitrogens with zero attached hydrogens (tertiary/aromatic N) is 1. The first-order chi connectivity index (χ1) is 14.5. The number of amides is 1. The van der Waals surface area contributed by atoms with Crippen LogP contribution < -0.4 is 9.64 Å². The summed E-state index contributed by atoms with van der Waals surface area (Å²) in [7, 11) is 0. The average molecular weight is 424 g/mol. The number of aliphatic hydroxyl groups is 1. The van der Waals surface area contributed by atoms with Gasteiger partial charge in [-0.2, -0.15) is 0 Å². The van der Waals surface area contributed by atoms with Gasteiger partial charge in [0, 0.05) is 10.7 Å². The van der Waals surface area contributed by atoms with Crippen LogP contribution in [0.3, 0.4) is 0 Å². The van der Waals surface area contributed by atoms with E-state index in [0.717, 1.165) is 0 Å². The van der Waals surface area contributed by atoms with Crippen molar-refractivity contribution in [3.8, 4) is 5.75 Å².